The molecule has 0 radical (unpaired) electrons. The van der Waals surface area contributed by atoms with Crippen LogP contribution < -0.4 is 4.90 Å². The van der Waals surface area contributed by atoms with Crippen LogP contribution in [0.25, 0.3) is 0 Å². The molecule has 1 aromatic heterocycles. The first-order chi connectivity index (χ1) is 8.63. The quantitative estimate of drug-likeness (QED) is 0.879. The summed E-state index contributed by atoms with van der Waals surface area (Å²) in [5, 5.41) is 7.17. The van der Waals surface area contributed by atoms with Crippen molar-refractivity contribution in [1.29, 1.82) is 0 Å². The monoisotopic (exact) mass is 250 g/mol. The van der Waals surface area contributed by atoms with Gasteiger partial charge in [0, 0.05) is 37.7 Å². The van der Waals surface area contributed by atoms with Crippen molar-refractivity contribution >= 4 is 11.7 Å². The van der Waals surface area contributed by atoms with E-state index in [1.807, 2.05) is 24.9 Å². The van der Waals surface area contributed by atoms with Gasteiger partial charge in [0.1, 0.15) is 5.82 Å². The molecule has 18 heavy (non-hydrogen) atoms. The van der Waals surface area contributed by atoms with Gasteiger partial charge in [-0.05, 0) is 6.42 Å². The molecule has 0 bridgehead atoms. The van der Waals surface area contributed by atoms with Crippen molar-refractivity contribution in [3.8, 4) is 0 Å². The Bertz CT molecular complexity index is 405. The molecular formula is C13H22N4O. The molecule has 0 spiro atoms. The summed E-state index contributed by atoms with van der Waals surface area (Å²) in [5.74, 6) is 1.47. The lowest BCUT2D eigenvalue weighted by atomic mass is 10.1. The van der Waals surface area contributed by atoms with E-state index in [4.69, 9.17) is 0 Å². The molecule has 2 heterocycles. The van der Waals surface area contributed by atoms with Gasteiger partial charge in [-0.25, -0.2) is 0 Å². The number of carbonyl (C=O) groups excluding carboxylic acids is 1. The molecule has 0 aromatic carbocycles. The lowest BCUT2D eigenvalue weighted by Crippen LogP contribution is -2.50. The zero-order valence-electron chi connectivity index (χ0n) is 11.4. The largest absolute Gasteiger partial charge is 0.353 e. The van der Waals surface area contributed by atoms with Gasteiger partial charge in [-0.1, -0.05) is 20.8 Å². The zero-order chi connectivity index (χ0) is 13.1. The molecule has 1 amide bonds. The Morgan fingerprint density at radius 3 is 2.61 bits per heavy atom. The molecule has 5 nitrogen and oxygen atoms in total. The second kappa shape index (κ2) is 5.42. The van der Waals surface area contributed by atoms with E-state index in [0.29, 0.717) is 0 Å². The second-order valence-corrected chi connectivity index (χ2v) is 5.06. The molecular weight excluding hydrogens is 228 g/mol. The Hall–Kier alpha value is -1.52. The third kappa shape index (κ3) is 2.49. The number of aromatic nitrogens is 2. The van der Waals surface area contributed by atoms with Crippen molar-refractivity contribution in [2.45, 2.75) is 27.2 Å². The van der Waals surface area contributed by atoms with E-state index in [1.165, 1.54) is 5.56 Å². The van der Waals surface area contributed by atoms with E-state index in [0.717, 1.165) is 38.4 Å². The fourth-order valence-electron chi connectivity index (χ4n) is 2.35. The predicted octanol–water partition coefficient (Wildman–Crippen LogP) is 1.28. The SMILES string of the molecule is CCc1cn[nH]c1N1CCN(C(=O)C(C)C)CC1. The van der Waals surface area contributed by atoms with Crippen molar-refractivity contribution in [3.05, 3.63) is 11.8 Å². The van der Waals surface area contributed by atoms with Gasteiger partial charge in [0.05, 0.1) is 6.20 Å². The highest BCUT2D eigenvalue weighted by molar-refractivity contribution is 5.78. The number of aryl methyl sites for hydroxylation is 1. The Morgan fingerprint density at radius 1 is 1.39 bits per heavy atom. The lowest BCUT2D eigenvalue weighted by molar-refractivity contribution is -0.134. The van der Waals surface area contributed by atoms with E-state index in [9.17, 15) is 4.79 Å². The van der Waals surface area contributed by atoms with Crippen molar-refractivity contribution in [2.24, 2.45) is 5.92 Å². The van der Waals surface area contributed by atoms with Crippen LogP contribution in [0.1, 0.15) is 26.3 Å². The number of aromatic amines is 1. The lowest BCUT2D eigenvalue weighted by Gasteiger charge is -2.36. The normalized spacial score (nSPS) is 16.4. The molecule has 1 N–H and O–H groups in total. The van der Waals surface area contributed by atoms with Crippen LogP contribution in [-0.4, -0.2) is 47.2 Å². The topological polar surface area (TPSA) is 52.2 Å². The van der Waals surface area contributed by atoms with E-state index in [1.54, 1.807) is 0 Å². The summed E-state index contributed by atoms with van der Waals surface area (Å²) in [7, 11) is 0. The summed E-state index contributed by atoms with van der Waals surface area (Å²) in [4.78, 5) is 16.2. The Labute approximate surface area is 108 Å². The summed E-state index contributed by atoms with van der Waals surface area (Å²) >= 11 is 0. The number of piperazine rings is 1. The summed E-state index contributed by atoms with van der Waals surface area (Å²) in [6.45, 7) is 9.42. The Kier molecular flexibility index (Phi) is 3.89. The maximum atomic E-state index is 11.9. The van der Waals surface area contributed by atoms with Crippen LogP contribution in [0.15, 0.2) is 6.20 Å². The molecule has 0 saturated carbocycles. The Morgan fingerprint density at radius 2 is 2.06 bits per heavy atom. The van der Waals surface area contributed by atoms with Gasteiger partial charge < -0.3 is 9.80 Å². The zero-order valence-corrected chi connectivity index (χ0v) is 11.4. The number of anilines is 1. The molecule has 1 aliphatic heterocycles. The van der Waals surface area contributed by atoms with Crippen LogP contribution in [0.3, 0.4) is 0 Å². The van der Waals surface area contributed by atoms with E-state index < -0.39 is 0 Å². The molecule has 100 valence electrons. The minimum atomic E-state index is 0.0925. The first kappa shape index (κ1) is 12.9. The number of amides is 1. The average molecular weight is 250 g/mol. The van der Waals surface area contributed by atoms with Crippen molar-refractivity contribution in [3.63, 3.8) is 0 Å². The van der Waals surface area contributed by atoms with Gasteiger partial charge in [-0.3, -0.25) is 9.89 Å². The molecule has 0 aliphatic carbocycles. The fourth-order valence-corrected chi connectivity index (χ4v) is 2.35. The summed E-state index contributed by atoms with van der Waals surface area (Å²) < 4.78 is 0. The highest BCUT2D eigenvalue weighted by Gasteiger charge is 2.24. The number of rotatable bonds is 3. The van der Waals surface area contributed by atoms with E-state index in [2.05, 4.69) is 22.0 Å². The third-order valence-corrected chi connectivity index (χ3v) is 3.48. The molecule has 1 saturated heterocycles. The van der Waals surface area contributed by atoms with E-state index in [-0.39, 0.29) is 11.8 Å². The summed E-state index contributed by atoms with van der Waals surface area (Å²) in [6, 6.07) is 0. The maximum absolute atomic E-state index is 11.9. The smallest absolute Gasteiger partial charge is 0.225 e. The summed E-state index contributed by atoms with van der Waals surface area (Å²) in [6.07, 6.45) is 2.87. The molecule has 2 rings (SSSR count). The fraction of sp³-hybridized carbons (Fsp3) is 0.692. The van der Waals surface area contributed by atoms with Crippen LogP contribution in [0, 0.1) is 5.92 Å². The van der Waals surface area contributed by atoms with Gasteiger partial charge >= 0.3 is 0 Å². The number of H-pyrrole nitrogens is 1. The number of nitrogens with zero attached hydrogens (tertiary/aromatic N) is 3. The highest BCUT2D eigenvalue weighted by atomic mass is 16.2. The molecule has 1 aromatic rings. The first-order valence-corrected chi connectivity index (χ1v) is 6.69. The minimum absolute atomic E-state index is 0.0925. The van der Waals surface area contributed by atoms with Gasteiger partial charge in [-0.2, -0.15) is 5.10 Å². The second-order valence-electron chi connectivity index (χ2n) is 5.06. The predicted molar refractivity (Wildman–Crippen MR) is 71.6 cm³/mol. The Balaban J connectivity index is 1.96. The van der Waals surface area contributed by atoms with Gasteiger partial charge in [0.2, 0.25) is 5.91 Å². The van der Waals surface area contributed by atoms with Crippen LogP contribution in [0.2, 0.25) is 0 Å². The first-order valence-electron chi connectivity index (χ1n) is 6.69. The van der Waals surface area contributed by atoms with Crippen LogP contribution in [0.5, 0.6) is 0 Å². The summed E-state index contributed by atoms with van der Waals surface area (Å²) in [5.41, 5.74) is 1.25. The number of hydrogen-bond donors (Lipinski definition) is 1. The van der Waals surface area contributed by atoms with Gasteiger partial charge in [0.15, 0.2) is 0 Å². The van der Waals surface area contributed by atoms with Crippen LogP contribution in [-0.2, 0) is 11.2 Å². The third-order valence-electron chi connectivity index (χ3n) is 3.48. The van der Waals surface area contributed by atoms with Gasteiger partial charge in [-0.15, -0.1) is 0 Å². The van der Waals surface area contributed by atoms with Crippen molar-refractivity contribution in [2.75, 3.05) is 31.1 Å². The van der Waals surface area contributed by atoms with Crippen LogP contribution in [0.4, 0.5) is 5.82 Å². The molecule has 1 aliphatic rings. The molecule has 5 heteroatoms. The molecule has 0 atom stereocenters. The minimum Gasteiger partial charge on any atom is -0.353 e. The molecule has 0 unspecified atom stereocenters. The molecule has 1 fully saturated rings. The number of hydrogen-bond acceptors (Lipinski definition) is 3. The number of nitrogens with one attached hydrogen (secondary N) is 1. The number of carbonyl (C=O) groups is 1. The highest BCUT2D eigenvalue weighted by Crippen LogP contribution is 2.19. The van der Waals surface area contributed by atoms with E-state index >= 15 is 0 Å². The average Bonchev–Trinajstić information content (AvgIpc) is 2.86. The standard InChI is InChI=1S/C13H22N4O/c1-4-11-9-14-15-12(11)16-5-7-17(8-6-16)13(18)10(2)3/h9-10H,4-8H2,1-3H3,(H,14,15). The van der Waals surface area contributed by atoms with Crippen molar-refractivity contribution in [1.82, 2.24) is 15.1 Å². The maximum Gasteiger partial charge on any atom is 0.225 e. The van der Waals surface area contributed by atoms with Gasteiger partial charge in [0.25, 0.3) is 0 Å². The van der Waals surface area contributed by atoms with Crippen LogP contribution >= 0.6 is 0 Å². The van der Waals surface area contributed by atoms with Crippen molar-refractivity contribution < 1.29 is 4.79 Å².